The zero-order chi connectivity index (χ0) is 11.4. The molecule has 1 aromatic rings. The molecule has 0 saturated heterocycles. The van der Waals surface area contributed by atoms with E-state index in [-0.39, 0.29) is 12.2 Å². The van der Waals surface area contributed by atoms with Crippen molar-refractivity contribution >= 4 is 0 Å². The van der Waals surface area contributed by atoms with E-state index in [4.69, 9.17) is 4.74 Å². The first-order valence-electron chi connectivity index (χ1n) is 6.17. The Morgan fingerprint density at radius 3 is 2.31 bits per heavy atom. The molecule has 0 amide bonds. The number of aryl methyl sites for hydroxylation is 1. The highest BCUT2D eigenvalue weighted by Crippen LogP contribution is 2.34. The number of hydrogen-bond acceptors (Lipinski definition) is 2. The predicted molar refractivity (Wildman–Crippen MR) is 64.7 cm³/mol. The number of ether oxygens (including phenoxy) is 1. The lowest BCUT2D eigenvalue weighted by Gasteiger charge is -2.28. The van der Waals surface area contributed by atoms with Crippen LogP contribution in [0, 0.1) is 0 Å². The molecule has 1 aliphatic carbocycles. The molecule has 0 bridgehead atoms. The Balaban J connectivity index is 2.07. The largest absolute Gasteiger partial charge is 0.485 e. The highest BCUT2D eigenvalue weighted by molar-refractivity contribution is 5.28. The smallest absolute Gasteiger partial charge is 0.132 e. The summed E-state index contributed by atoms with van der Waals surface area (Å²) in [5.74, 6) is 0.883. The van der Waals surface area contributed by atoms with Crippen molar-refractivity contribution in [3.63, 3.8) is 0 Å². The minimum atomic E-state index is -0.312. The molecule has 16 heavy (non-hydrogen) atoms. The van der Waals surface area contributed by atoms with E-state index < -0.39 is 0 Å². The standard InChI is InChI=1S/C14H20O2/c1-2-12-5-7-13(8-6-12)16-14(11-15)9-3-4-10-14/h5-8,15H,2-4,9-11H2,1H3. The summed E-state index contributed by atoms with van der Waals surface area (Å²) in [5, 5.41) is 9.45. The van der Waals surface area contributed by atoms with Crippen LogP contribution >= 0.6 is 0 Å². The van der Waals surface area contributed by atoms with Gasteiger partial charge in [0, 0.05) is 0 Å². The third-order valence-electron chi connectivity index (χ3n) is 3.47. The van der Waals surface area contributed by atoms with Gasteiger partial charge in [-0.2, -0.15) is 0 Å². The second kappa shape index (κ2) is 4.88. The summed E-state index contributed by atoms with van der Waals surface area (Å²) < 4.78 is 5.96. The number of aliphatic hydroxyl groups excluding tert-OH is 1. The summed E-state index contributed by atoms with van der Waals surface area (Å²) >= 11 is 0. The Kier molecular flexibility index (Phi) is 3.49. The van der Waals surface area contributed by atoms with Gasteiger partial charge in [-0.25, -0.2) is 0 Å². The van der Waals surface area contributed by atoms with Crippen molar-refractivity contribution in [1.29, 1.82) is 0 Å². The lowest BCUT2D eigenvalue weighted by molar-refractivity contribution is 0.0152. The molecule has 1 aliphatic rings. The van der Waals surface area contributed by atoms with Gasteiger partial charge in [0.05, 0.1) is 6.61 Å². The lowest BCUT2D eigenvalue weighted by Crippen LogP contribution is -2.36. The van der Waals surface area contributed by atoms with Crippen molar-refractivity contribution < 1.29 is 9.84 Å². The Bertz CT molecular complexity index is 323. The molecule has 88 valence electrons. The van der Waals surface area contributed by atoms with E-state index in [9.17, 15) is 5.11 Å². The maximum atomic E-state index is 9.45. The van der Waals surface area contributed by atoms with Crippen LogP contribution in [0.25, 0.3) is 0 Å². The quantitative estimate of drug-likeness (QED) is 0.845. The summed E-state index contributed by atoms with van der Waals surface area (Å²) in [6, 6.07) is 8.20. The molecule has 0 aromatic heterocycles. The molecule has 0 radical (unpaired) electrons. The summed E-state index contributed by atoms with van der Waals surface area (Å²) in [4.78, 5) is 0. The molecule has 0 aliphatic heterocycles. The number of hydrogen-bond donors (Lipinski definition) is 1. The fourth-order valence-corrected chi connectivity index (χ4v) is 2.35. The molecule has 0 spiro atoms. The van der Waals surface area contributed by atoms with Gasteiger partial charge in [-0.3, -0.25) is 0 Å². The van der Waals surface area contributed by atoms with E-state index in [0.29, 0.717) is 0 Å². The summed E-state index contributed by atoms with van der Waals surface area (Å²) in [6.45, 7) is 2.27. The van der Waals surface area contributed by atoms with Crippen LogP contribution in [0.2, 0.25) is 0 Å². The van der Waals surface area contributed by atoms with Gasteiger partial charge in [-0.05, 0) is 49.8 Å². The molecule has 0 atom stereocenters. The molecular formula is C14H20O2. The number of rotatable bonds is 4. The predicted octanol–water partition coefficient (Wildman–Crippen LogP) is 2.93. The Morgan fingerprint density at radius 2 is 1.81 bits per heavy atom. The fourth-order valence-electron chi connectivity index (χ4n) is 2.35. The van der Waals surface area contributed by atoms with Gasteiger partial charge in [-0.15, -0.1) is 0 Å². The fraction of sp³-hybridized carbons (Fsp3) is 0.571. The van der Waals surface area contributed by atoms with E-state index in [2.05, 4.69) is 19.1 Å². The molecular weight excluding hydrogens is 200 g/mol. The topological polar surface area (TPSA) is 29.5 Å². The van der Waals surface area contributed by atoms with Crippen LogP contribution in [-0.4, -0.2) is 17.3 Å². The zero-order valence-corrected chi connectivity index (χ0v) is 9.91. The molecule has 2 nitrogen and oxygen atoms in total. The van der Waals surface area contributed by atoms with Crippen LogP contribution in [-0.2, 0) is 6.42 Å². The Hall–Kier alpha value is -1.02. The zero-order valence-electron chi connectivity index (χ0n) is 9.91. The highest BCUT2D eigenvalue weighted by Gasteiger charge is 2.35. The number of aliphatic hydroxyl groups is 1. The van der Waals surface area contributed by atoms with Crippen LogP contribution in [0.4, 0.5) is 0 Å². The van der Waals surface area contributed by atoms with Crippen LogP contribution in [0.5, 0.6) is 5.75 Å². The maximum absolute atomic E-state index is 9.45. The number of benzene rings is 1. The van der Waals surface area contributed by atoms with Gasteiger partial charge in [0.15, 0.2) is 0 Å². The van der Waals surface area contributed by atoms with Crippen LogP contribution in [0.1, 0.15) is 38.2 Å². The van der Waals surface area contributed by atoms with Crippen LogP contribution in [0.15, 0.2) is 24.3 Å². The van der Waals surface area contributed by atoms with E-state index in [0.717, 1.165) is 37.9 Å². The van der Waals surface area contributed by atoms with Crippen molar-refractivity contribution in [1.82, 2.24) is 0 Å². The van der Waals surface area contributed by atoms with Crippen molar-refractivity contribution in [2.24, 2.45) is 0 Å². The van der Waals surface area contributed by atoms with E-state index in [1.165, 1.54) is 5.56 Å². The van der Waals surface area contributed by atoms with E-state index in [1.54, 1.807) is 0 Å². The molecule has 1 fully saturated rings. The minimum Gasteiger partial charge on any atom is -0.485 e. The summed E-state index contributed by atoms with van der Waals surface area (Å²) in [7, 11) is 0. The van der Waals surface area contributed by atoms with Crippen molar-refractivity contribution in [2.75, 3.05) is 6.61 Å². The molecule has 2 heteroatoms. The first-order chi connectivity index (χ1) is 7.78. The van der Waals surface area contributed by atoms with Gasteiger partial charge < -0.3 is 9.84 Å². The molecule has 0 heterocycles. The first kappa shape index (κ1) is 11.5. The molecule has 0 unspecified atom stereocenters. The summed E-state index contributed by atoms with van der Waals surface area (Å²) in [5.41, 5.74) is 1.00. The van der Waals surface area contributed by atoms with Crippen molar-refractivity contribution in [2.45, 2.75) is 44.6 Å². The van der Waals surface area contributed by atoms with Crippen LogP contribution < -0.4 is 4.74 Å². The van der Waals surface area contributed by atoms with Crippen LogP contribution in [0.3, 0.4) is 0 Å². The van der Waals surface area contributed by atoms with Gasteiger partial charge >= 0.3 is 0 Å². The average Bonchev–Trinajstić information content (AvgIpc) is 2.79. The molecule has 2 rings (SSSR count). The molecule has 1 aromatic carbocycles. The van der Waals surface area contributed by atoms with E-state index >= 15 is 0 Å². The normalized spacial score (nSPS) is 18.6. The average molecular weight is 220 g/mol. The third-order valence-corrected chi connectivity index (χ3v) is 3.47. The van der Waals surface area contributed by atoms with Crippen molar-refractivity contribution in [3.8, 4) is 5.75 Å². The molecule has 1 saturated carbocycles. The Morgan fingerprint density at radius 1 is 1.19 bits per heavy atom. The van der Waals surface area contributed by atoms with Gasteiger partial charge in [0.25, 0.3) is 0 Å². The second-order valence-electron chi connectivity index (χ2n) is 4.65. The SMILES string of the molecule is CCc1ccc(OC2(CO)CCCC2)cc1. The van der Waals surface area contributed by atoms with Gasteiger partial charge in [0.1, 0.15) is 11.4 Å². The summed E-state index contributed by atoms with van der Waals surface area (Å²) in [6.07, 6.45) is 5.31. The van der Waals surface area contributed by atoms with Crippen molar-refractivity contribution in [3.05, 3.63) is 29.8 Å². The second-order valence-corrected chi connectivity index (χ2v) is 4.65. The monoisotopic (exact) mass is 220 g/mol. The van der Waals surface area contributed by atoms with E-state index in [1.807, 2.05) is 12.1 Å². The third kappa shape index (κ3) is 2.38. The van der Waals surface area contributed by atoms with Gasteiger partial charge in [-0.1, -0.05) is 19.1 Å². The van der Waals surface area contributed by atoms with Gasteiger partial charge in [0.2, 0.25) is 0 Å². The minimum absolute atomic E-state index is 0.128. The maximum Gasteiger partial charge on any atom is 0.132 e. The first-order valence-corrected chi connectivity index (χ1v) is 6.17. The molecule has 1 N–H and O–H groups in total. The Labute approximate surface area is 97.3 Å². The highest BCUT2D eigenvalue weighted by atomic mass is 16.5. The lowest BCUT2D eigenvalue weighted by atomic mass is 10.0.